The first-order valence-corrected chi connectivity index (χ1v) is 7.66. The summed E-state index contributed by atoms with van der Waals surface area (Å²) in [5.41, 5.74) is 0.524. The van der Waals surface area contributed by atoms with Crippen molar-refractivity contribution in [1.82, 2.24) is 5.32 Å². The van der Waals surface area contributed by atoms with Crippen molar-refractivity contribution in [3.8, 4) is 11.8 Å². The smallest absolute Gasteiger partial charge is 0.120 e. The number of nitrogens with zero attached hydrogens (tertiary/aromatic N) is 1. The maximum atomic E-state index is 10.8. The standard InChI is InChI=1S/C13H18N2O3S/c1-19(17)6-5-15-9-12(16)10-18-13-4-2-3-11(7-13)8-14/h2-4,7,12,15-16H,5-6,9-10H2,1H3. The summed E-state index contributed by atoms with van der Waals surface area (Å²) in [4.78, 5) is 0. The molecule has 0 spiro atoms. The summed E-state index contributed by atoms with van der Waals surface area (Å²) < 4.78 is 16.2. The lowest BCUT2D eigenvalue weighted by atomic mass is 10.2. The van der Waals surface area contributed by atoms with Gasteiger partial charge in [-0.2, -0.15) is 5.26 Å². The number of aliphatic hydroxyl groups is 1. The van der Waals surface area contributed by atoms with Gasteiger partial charge in [0.05, 0.1) is 11.6 Å². The number of nitriles is 1. The van der Waals surface area contributed by atoms with Gasteiger partial charge >= 0.3 is 0 Å². The molecule has 1 aromatic carbocycles. The first kappa shape index (κ1) is 15.6. The van der Waals surface area contributed by atoms with Crippen molar-refractivity contribution in [2.45, 2.75) is 6.10 Å². The van der Waals surface area contributed by atoms with Crippen LogP contribution in [0.4, 0.5) is 0 Å². The third kappa shape index (κ3) is 6.91. The minimum Gasteiger partial charge on any atom is -0.491 e. The fraction of sp³-hybridized carbons (Fsp3) is 0.462. The predicted octanol–water partition coefficient (Wildman–Crippen LogP) is 0.266. The van der Waals surface area contributed by atoms with E-state index in [1.165, 1.54) is 0 Å². The summed E-state index contributed by atoms with van der Waals surface area (Å²) in [6.07, 6.45) is 1.000. The average molecular weight is 282 g/mol. The molecular weight excluding hydrogens is 264 g/mol. The largest absolute Gasteiger partial charge is 0.491 e. The summed E-state index contributed by atoms with van der Waals surface area (Å²) in [6.45, 7) is 1.14. The molecule has 19 heavy (non-hydrogen) atoms. The van der Waals surface area contributed by atoms with Crippen molar-refractivity contribution in [1.29, 1.82) is 5.26 Å². The van der Waals surface area contributed by atoms with Gasteiger partial charge in [0, 0.05) is 35.9 Å². The Labute approximate surface area is 115 Å². The first-order chi connectivity index (χ1) is 9.11. The number of nitrogens with one attached hydrogen (secondary N) is 1. The predicted molar refractivity (Wildman–Crippen MR) is 74.5 cm³/mol. The van der Waals surface area contributed by atoms with E-state index in [0.717, 1.165) is 0 Å². The lowest BCUT2D eigenvalue weighted by Crippen LogP contribution is -2.33. The van der Waals surface area contributed by atoms with E-state index in [2.05, 4.69) is 5.32 Å². The van der Waals surface area contributed by atoms with Crippen LogP contribution in [0.3, 0.4) is 0 Å². The van der Waals surface area contributed by atoms with Gasteiger partial charge in [-0.1, -0.05) is 6.07 Å². The van der Waals surface area contributed by atoms with Gasteiger partial charge in [0.15, 0.2) is 0 Å². The van der Waals surface area contributed by atoms with Crippen molar-refractivity contribution < 1.29 is 14.1 Å². The van der Waals surface area contributed by atoms with Crippen molar-refractivity contribution in [2.24, 2.45) is 0 Å². The molecule has 0 aliphatic rings. The molecule has 0 heterocycles. The molecule has 2 unspecified atom stereocenters. The van der Waals surface area contributed by atoms with Crippen molar-refractivity contribution in [3.63, 3.8) is 0 Å². The Balaban J connectivity index is 2.24. The molecule has 2 atom stereocenters. The first-order valence-electron chi connectivity index (χ1n) is 5.93. The molecular formula is C13H18N2O3S. The summed E-state index contributed by atoms with van der Waals surface area (Å²) in [7, 11) is -0.823. The number of rotatable bonds is 8. The van der Waals surface area contributed by atoms with Crippen LogP contribution in [0.25, 0.3) is 0 Å². The molecule has 0 saturated heterocycles. The van der Waals surface area contributed by atoms with Gasteiger partial charge in [-0.05, 0) is 18.2 Å². The highest BCUT2D eigenvalue weighted by Crippen LogP contribution is 2.12. The fourth-order valence-electron chi connectivity index (χ4n) is 1.39. The van der Waals surface area contributed by atoms with Crippen LogP contribution in [0.2, 0.25) is 0 Å². The van der Waals surface area contributed by atoms with E-state index < -0.39 is 16.9 Å². The van der Waals surface area contributed by atoms with E-state index >= 15 is 0 Å². The van der Waals surface area contributed by atoms with Crippen LogP contribution in [0, 0.1) is 11.3 Å². The van der Waals surface area contributed by atoms with E-state index in [1.807, 2.05) is 6.07 Å². The van der Waals surface area contributed by atoms with Gasteiger partial charge in [0.1, 0.15) is 18.5 Å². The molecule has 0 bridgehead atoms. The van der Waals surface area contributed by atoms with Crippen LogP contribution >= 0.6 is 0 Å². The molecule has 2 N–H and O–H groups in total. The molecule has 5 nitrogen and oxygen atoms in total. The Morgan fingerprint density at radius 3 is 3.05 bits per heavy atom. The minimum absolute atomic E-state index is 0.150. The zero-order chi connectivity index (χ0) is 14.1. The second-order valence-corrected chi connectivity index (χ2v) is 5.64. The van der Waals surface area contributed by atoms with Crippen LogP contribution < -0.4 is 10.1 Å². The normalized spacial score (nSPS) is 13.5. The summed E-state index contributed by atoms with van der Waals surface area (Å²) >= 11 is 0. The van der Waals surface area contributed by atoms with Crippen LogP contribution in [-0.2, 0) is 10.8 Å². The molecule has 0 amide bonds. The highest BCUT2D eigenvalue weighted by Gasteiger charge is 2.05. The number of benzene rings is 1. The molecule has 0 radical (unpaired) electrons. The summed E-state index contributed by atoms with van der Waals surface area (Å²) in [5, 5.41) is 21.4. The Morgan fingerprint density at radius 1 is 1.58 bits per heavy atom. The van der Waals surface area contributed by atoms with E-state index in [9.17, 15) is 9.32 Å². The molecule has 104 valence electrons. The third-order valence-electron chi connectivity index (χ3n) is 2.35. The third-order valence-corrected chi connectivity index (χ3v) is 3.13. The lowest BCUT2D eigenvalue weighted by Gasteiger charge is -2.13. The Bertz CT molecular complexity index is 459. The maximum Gasteiger partial charge on any atom is 0.120 e. The number of ether oxygens (including phenoxy) is 1. The quantitative estimate of drug-likeness (QED) is 0.669. The maximum absolute atomic E-state index is 10.8. The number of aliphatic hydroxyl groups excluding tert-OH is 1. The van der Waals surface area contributed by atoms with Crippen molar-refractivity contribution in [2.75, 3.05) is 31.7 Å². The lowest BCUT2D eigenvalue weighted by molar-refractivity contribution is 0.107. The van der Waals surface area contributed by atoms with Crippen LogP contribution in [0.1, 0.15) is 5.56 Å². The molecule has 6 heteroatoms. The zero-order valence-electron chi connectivity index (χ0n) is 10.8. The number of hydrogen-bond donors (Lipinski definition) is 2. The van der Waals surface area contributed by atoms with Gasteiger partial charge in [-0.25, -0.2) is 0 Å². The van der Waals surface area contributed by atoms with Crippen molar-refractivity contribution in [3.05, 3.63) is 29.8 Å². The highest BCUT2D eigenvalue weighted by molar-refractivity contribution is 7.84. The van der Waals surface area contributed by atoms with Gasteiger partial charge in [0.2, 0.25) is 0 Å². The van der Waals surface area contributed by atoms with Crippen molar-refractivity contribution >= 4 is 10.8 Å². The topological polar surface area (TPSA) is 82.3 Å². The van der Waals surface area contributed by atoms with Gasteiger partial charge in [-0.15, -0.1) is 0 Å². The van der Waals surface area contributed by atoms with E-state index in [0.29, 0.717) is 30.2 Å². The Hall–Kier alpha value is -1.42. The van der Waals surface area contributed by atoms with Crippen LogP contribution in [0.5, 0.6) is 5.75 Å². The monoisotopic (exact) mass is 282 g/mol. The second-order valence-electron chi connectivity index (χ2n) is 4.09. The van der Waals surface area contributed by atoms with E-state index in [1.54, 1.807) is 30.5 Å². The average Bonchev–Trinajstić information content (AvgIpc) is 2.41. The van der Waals surface area contributed by atoms with E-state index in [-0.39, 0.29) is 6.61 Å². The molecule has 0 aliphatic carbocycles. The Kier molecular flexibility index (Phi) is 7.11. The highest BCUT2D eigenvalue weighted by atomic mass is 32.2. The van der Waals surface area contributed by atoms with Gasteiger partial charge in [0.25, 0.3) is 0 Å². The molecule has 0 saturated carbocycles. The minimum atomic E-state index is -0.823. The summed E-state index contributed by atoms with van der Waals surface area (Å²) in [6, 6.07) is 8.81. The second kappa shape index (κ2) is 8.64. The molecule has 1 aromatic rings. The van der Waals surface area contributed by atoms with E-state index in [4.69, 9.17) is 10.00 Å². The summed E-state index contributed by atoms with van der Waals surface area (Å²) in [5.74, 6) is 1.13. The van der Waals surface area contributed by atoms with Gasteiger partial charge < -0.3 is 15.2 Å². The van der Waals surface area contributed by atoms with Crippen LogP contribution in [-0.4, -0.2) is 47.1 Å². The molecule has 0 aliphatic heterocycles. The molecule has 0 fully saturated rings. The van der Waals surface area contributed by atoms with Crippen LogP contribution in [0.15, 0.2) is 24.3 Å². The van der Waals surface area contributed by atoms with Gasteiger partial charge in [-0.3, -0.25) is 4.21 Å². The Morgan fingerprint density at radius 2 is 2.37 bits per heavy atom. The molecule has 1 rings (SSSR count). The fourth-order valence-corrected chi connectivity index (χ4v) is 1.82. The molecule has 0 aromatic heterocycles. The number of hydrogen-bond acceptors (Lipinski definition) is 5. The SMILES string of the molecule is CS(=O)CCNCC(O)COc1cccc(C#N)c1. The zero-order valence-corrected chi connectivity index (χ0v) is 11.7.